The lowest BCUT2D eigenvalue weighted by atomic mass is 9.83. The highest BCUT2D eigenvalue weighted by Gasteiger charge is 2.34. The SMILES string of the molecule is O=C(O)C1C#CC1c1ccc2nc(CN3CCC(Oc4ccc(F)c(COc5ccc(Cl)cc5F)c4)CC3)n(C[C@@H]3CCO3)c2n1. The van der Waals surface area contributed by atoms with E-state index in [9.17, 15) is 18.7 Å². The summed E-state index contributed by atoms with van der Waals surface area (Å²) < 4.78 is 48.2. The topological polar surface area (TPSA) is 98.9 Å². The zero-order valence-corrected chi connectivity index (χ0v) is 25.6. The second kappa shape index (κ2) is 12.9. The fourth-order valence-electron chi connectivity index (χ4n) is 5.94. The molecule has 0 radical (unpaired) electrons. The Morgan fingerprint density at radius 2 is 1.87 bits per heavy atom. The summed E-state index contributed by atoms with van der Waals surface area (Å²) in [4.78, 5) is 23.6. The molecule has 7 rings (SSSR count). The summed E-state index contributed by atoms with van der Waals surface area (Å²) in [6.07, 6.45) is 2.54. The molecule has 2 unspecified atom stereocenters. The molecule has 12 heteroatoms. The molecule has 1 aliphatic carbocycles. The van der Waals surface area contributed by atoms with Crippen molar-refractivity contribution in [2.45, 2.75) is 57.1 Å². The van der Waals surface area contributed by atoms with Gasteiger partial charge < -0.3 is 23.9 Å². The second-order valence-electron chi connectivity index (χ2n) is 11.8. The van der Waals surface area contributed by atoms with Gasteiger partial charge >= 0.3 is 5.97 Å². The molecule has 1 N–H and O–H groups in total. The molecule has 4 heterocycles. The lowest BCUT2D eigenvalue weighted by Gasteiger charge is -2.32. The first-order valence-electron chi connectivity index (χ1n) is 15.3. The predicted molar refractivity (Wildman–Crippen MR) is 165 cm³/mol. The summed E-state index contributed by atoms with van der Waals surface area (Å²) in [5, 5.41) is 9.72. The van der Waals surface area contributed by atoms with E-state index in [1.807, 2.05) is 12.1 Å². The summed E-state index contributed by atoms with van der Waals surface area (Å²) in [7, 11) is 0. The van der Waals surface area contributed by atoms with Gasteiger partial charge in [0.05, 0.1) is 30.8 Å². The molecule has 2 saturated heterocycles. The lowest BCUT2D eigenvalue weighted by Crippen LogP contribution is -2.39. The molecule has 2 fully saturated rings. The molecule has 0 spiro atoms. The minimum Gasteiger partial charge on any atom is -0.490 e. The van der Waals surface area contributed by atoms with Crippen molar-refractivity contribution in [3.63, 3.8) is 0 Å². The summed E-state index contributed by atoms with van der Waals surface area (Å²) in [5.74, 6) is 3.88. The molecule has 0 bridgehead atoms. The number of imidazole rings is 1. The highest BCUT2D eigenvalue weighted by atomic mass is 35.5. The number of ether oxygens (including phenoxy) is 3. The van der Waals surface area contributed by atoms with Crippen LogP contribution in [0.3, 0.4) is 0 Å². The average Bonchev–Trinajstić information content (AvgIpc) is 3.32. The summed E-state index contributed by atoms with van der Waals surface area (Å²) >= 11 is 5.80. The molecule has 2 aromatic heterocycles. The Labute approximate surface area is 269 Å². The highest BCUT2D eigenvalue weighted by molar-refractivity contribution is 6.30. The van der Waals surface area contributed by atoms with Crippen molar-refractivity contribution < 1.29 is 32.9 Å². The number of carboxylic acids is 1. The fraction of sp³-hybridized carbons (Fsp3) is 0.382. The Balaban J connectivity index is 0.994. The Hall–Kier alpha value is -4.24. The number of benzene rings is 2. The maximum atomic E-state index is 14.5. The Kier molecular flexibility index (Phi) is 8.51. The zero-order chi connectivity index (χ0) is 31.8. The molecular formula is C34H31ClF2N4O5. The Morgan fingerprint density at radius 3 is 2.57 bits per heavy atom. The molecule has 0 saturated carbocycles. The van der Waals surface area contributed by atoms with Gasteiger partial charge in [-0.25, -0.2) is 18.7 Å². The van der Waals surface area contributed by atoms with Crippen molar-refractivity contribution in [3.05, 3.63) is 82.3 Å². The van der Waals surface area contributed by atoms with E-state index in [1.54, 1.807) is 12.1 Å². The van der Waals surface area contributed by atoms with Gasteiger partial charge in [0.15, 0.2) is 17.2 Å². The van der Waals surface area contributed by atoms with Crippen LogP contribution in [0, 0.1) is 29.4 Å². The quantitative estimate of drug-likeness (QED) is 0.211. The number of fused-ring (bicyclic) bond motifs is 1. The molecule has 3 aliphatic rings. The number of hydrogen-bond donors (Lipinski definition) is 1. The van der Waals surface area contributed by atoms with Gasteiger partial charge in [0.25, 0.3) is 0 Å². The molecular weight excluding hydrogens is 618 g/mol. The van der Waals surface area contributed by atoms with Crippen LogP contribution < -0.4 is 9.47 Å². The van der Waals surface area contributed by atoms with E-state index in [1.165, 1.54) is 18.2 Å². The zero-order valence-electron chi connectivity index (χ0n) is 24.8. The van der Waals surface area contributed by atoms with Crippen molar-refractivity contribution in [2.75, 3.05) is 19.7 Å². The van der Waals surface area contributed by atoms with E-state index >= 15 is 0 Å². The van der Waals surface area contributed by atoms with Gasteiger partial charge in [-0.2, -0.15) is 0 Å². The van der Waals surface area contributed by atoms with E-state index in [4.69, 9.17) is 35.8 Å². The first-order chi connectivity index (χ1) is 22.3. The third-order valence-corrected chi connectivity index (χ3v) is 8.92. The smallest absolute Gasteiger partial charge is 0.320 e. The maximum absolute atomic E-state index is 14.5. The minimum atomic E-state index is -0.935. The third kappa shape index (κ3) is 6.38. The van der Waals surface area contributed by atoms with E-state index in [2.05, 4.69) is 21.3 Å². The van der Waals surface area contributed by atoms with Crippen LogP contribution in [-0.4, -0.2) is 62.4 Å². The number of pyridine rings is 1. The van der Waals surface area contributed by atoms with Gasteiger partial charge in [0.1, 0.15) is 41.5 Å². The van der Waals surface area contributed by atoms with Gasteiger partial charge in [-0.3, -0.25) is 9.69 Å². The second-order valence-corrected chi connectivity index (χ2v) is 12.2. The number of hydrogen-bond acceptors (Lipinski definition) is 7. The Bertz CT molecular complexity index is 1840. The van der Waals surface area contributed by atoms with Crippen molar-refractivity contribution in [1.29, 1.82) is 0 Å². The predicted octanol–water partition coefficient (Wildman–Crippen LogP) is 5.58. The number of rotatable bonds is 11. The van der Waals surface area contributed by atoms with E-state index < -0.39 is 29.4 Å². The largest absolute Gasteiger partial charge is 0.490 e. The van der Waals surface area contributed by atoms with Crippen LogP contribution in [0.5, 0.6) is 11.5 Å². The van der Waals surface area contributed by atoms with Crippen LogP contribution in [0.15, 0.2) is 48.5 Å². The molecule has 3 atom stereocenters. The first kappa shape index (κ1) is 30.4. The number of carbonyl (C=O) groups is 1. The number of nitrogens with zero attached hydrogens (tertiary/aromatic N) is 4. The van der Waals surface area contributed by atoms with Crippen LogP contribution in [-0.2, 0) is 29.2 Å². The lowest BCUT2D eigenvalue weighted by molar-refractivity contribution is -0.140. The van der Waals surface area contributed by atoms with Gasteiger partial charge in [-0.05, 0) is 67.8 Å². The van der Waals surface area contributed by atoms with Crippen molar-refractivity contribution in [3.8, 4) is 23.3 Å². The monoisotopic (exact) mass is 648 g/mol. The van der Waals surface area contributed by atoms with E-state index in [0.717, 1.165) is 56.4 Å². The van der Waals surface area contributed by atoms with Crippen LogP contribution in [0.2, 0.25) is 5.02 Å². The fourth-order valence-corrected chi connectivity index (χ4v) is 6.10. The average molecular weight is 649 g/mol. The van der Waals surface area contributed by atoms with Crippen molar-refractivity contribution in [2.24, 2.45) is 5.92 Å². The maximum Gasteiger partial charge on any atom is 0.320 e. The van der Waals surface area contributed by atoms with E-state index in [0.29, 0.717) is 30.2 Å². The summed E-state index contributed by atoms with van der Waals surface area (Å²) in [6.45, 7) is 3.37. The molecule has 46 heavy (non-hydrogen) atoms. The Morgan fingerprint density at radius 1 is 1.04 bits per heavy atom. The molecule has 238 valence electrons. The molecule has 2 aromatic carbocycles. The van der Waals surface area contributed by atoms with Crippen LogP contribution in [0.4, 0.5) is 8.78 Å². The van der Waals surface area contributed by atoms with Gasteiger partial charge in [-0.1, -0.05) is 23.4 Å². The third-order valence-electron chi connectivity index (χ3n) is 8.68. The van der Waals surface area contributed by atoms with E-state index in [-0.39, 0.29) is 35.2 Å². The number of aliphatic carboxylic acids is 1. The summed E-state index contributed by atoms with van der Waals surface area (Å²) in [6, 6.07) is 12.3. The summed E-state index contributed by atoms with van der Waals surface area (Å²) in [5.41, 5.74) is 2.38. The molecule has 4 aromatic rings. The molecule has 0 amide bonds. The van der Waals surface area contributed by atoms with Crippen LogP contribution >= 0.6 is 11.6 Å². The molecule has 2 aliphatic heterocycles. The van der Waals surface area contributed by atoms with Crippen LogP contribution in [0.1, 0.15) is 42.3 Å². The normalized spacial score (nSPS) is 21.2. The van der Waals surface area contributed by atoms with Gasteiger partial charge in [0, 0.05) is 30.3 Å². The number of likely N-dealkylation sites (tertiary alicyclic amines) is 1. The molecule has 9 nitrogen and oxygen atoms in total. The number of piperidine rings is 1. The van der Waals surface area contributed by atoms with Gasteiger partial charge in [0.2, 0.25) is 0 Å². The minimum absolute atomic E-state index is 0.00745. The van der Waals surface area contributed by atoms with Crippen molar-refractivity contribution >= 4 is 28.7 Å². The highest BCUT2D eigenvalue weighted by Crippen LogP contribution is 2.31. The van der Waals surface area contributed by atoms with Crippen molar-refractivity contribution in [1.82, 2.24) is 19.4 Å². The first-order valence-corrected chi connectivity index (χ1v) is 15.7. The number of halogens is 3. The van der Waals surface area contributed by atoms with Gasteiger partial charge in [-0.15, -0.1) is 0 Å². The van der Waals surface area contributed by atoms with Crippen LogP contribution in [0.25, 0.3) is 11.2 Å². The standard InChI is InChI=1S/C34H31ClF2N4O5/c35-21-1-8-31(28(37)16-21)45-19-20-15-23(2-5-27(20)36)46-22-9-12-40(13-10-22)18-32-38-30-7-6-29(25-3-4-26(25)34(42)43)39-33(30)41(32)17-24-11-14-44-24/h1-2,5-8,15-16,22,24-26H,9-14,17-19H2,(H,42,43)/t24-,25?,26?/m0/s1. The number of carboxylic acid groups (broad SMARTS) is 1. The number of aromatic nitrogens is 3.